The lowest BCUT2D eigenvalue weighted by Gasteiger charge is -2.24. The number of nitrogens with one attached hydrogen (secondary N) is 1. The summed E-state index contributed by atoms with van der Waals surface area (Å²) >= 11 is 0. The molecule has 4 rings (SSSR count). The molecule has 4 nitrogen and oxygen atoms in total. The molecule has 0 radical (unpaired) electrons. The molecule has 1 N–H and O–H groups in total. The van der Waals surface area contributed by atoms with Crippen LogP contribution in [0.1, 0.15) is 31.4 Å². The van der Waals surface area contributed by atoms with E-state index in [-0.39, 0.29) is 0 Å². The molecular formula is C19H20N2O2. The van der Waals surface area contributed by atoms with Gasteiger partial charge < -0.3 is 4.42 Å². The second kappa shape index (κ2) is 5.70. The van der Waals surface area contributed by atoms with Crippen LogP contribution in [0.4, 0.5) is 0 Å². The van der Waals surface area contributed by atoms with E-state index in [2.05, 4.69) is 41.1 Å². The van der Waals surface area contributed by atoms with Gasteiger partial charge in [-0.2, -0.15) is 0 Å². The van der Waals surface area contributed by atoms with E-state index in [9.17, 15) is 4.79 Å². The van der Waals surface area contributed by atoms with Gasteiger partial charge in [0.1, 0.15) is 0 Å². The van der Waals surface area contributed by atoms with Gasteiger partial charge in [0, 0.05) is 6.04 Å². The minimum absolute atomic E-state index is 0.409. The van der Waals surface area contributed by atoms with Crippen molar-refractivity contribution in [3.63, 3.8) is 0 Å². The van der Waals surface area contributed by atoms with Crippen LogP contribution in [0.2, 0.25) is 0 Å². The minimum Gasteiger partial charge on any atom is -0.408 e. The Bertz CT molecular complexity index is 888. The number of aromatic nitrogens is 1. The van der Waals surface area contributed by atoms with E-state index in [1.54, 1.807) is 0 Å². The summed E-state index contributed by atoms with van der Waals surface area (Å²) in [5.74, 6) is -0.409. The van der Waals surface area contributed by atoms with E-state index in [4.69, 9.17) is 4.42 Å². The Morgan fingerprint density at radius 1 is 1.09 bits per heavy atom. The first-order valence-corrected chi connectivity index (χ1v) is 8.18. The first-order chi connectivity index (χ1) is 11.2. The van der Waals surface area contributed by atoms with Gasteiger partial charge in [-0.15, -0.1) is 0 Å². The van der Waals surface area contributed by atoms with E-state index < -0.39 is 5.76 Å². The number of aromatic amines is 1. The third kappa shape index (κ3) is 2.70. The number of likely N-dealkylation sites (tertiary alicyclic amines) is 1. The lowest BCUT2D eigenvalue weighted by molar-refractivity contribution is 0.263. The fourth-order valence-corrected chi connectivity index (χ4v) is 3.45. The maximum Gasteiger partial charge on any atom is 0.417 e. The van der Waals surface area contributed by atoms with Crippen LogP contribution >= 0.6 is 0 Å². The molecule has 1 aliphatic rings. The number of hydrogen-bond acceptors (Lipinski definition) is 3. The Labute approximate surface area is 134 Å². The highest BCUT2D eigenvalue weighted by molar-refractivity contribution is 5.80. The molecule has 0 saturated carbocycles. The number of H-pyrrole nitrogens is 1. The first kappa shape index (κ1) is 14.3. The van der Waals surface area contributed by atoms with Crippen LogP contribution in [0.5, 0.6) is 0 Å². The molecule has 0 amide bonds. The second-order valence-corrected chi connectivity index (χ2v) is 6.27. The summed E-state index contributed by atoms with van der Waals surface area (Å²) < 4.78 is 5.07. The van der Waals surface area contributed by atoms with Gasteiger partial charge in [-0.1, -0.05) is 24.3 Å². The summed E-state index contributed by atoms with van der Waals surface area (Å²) in [6, 6.07) is 14.9. The zero-order valence-electron chi connectivity index (χ0n) is 13.2. The average Bonchev–Trinajstić information content (AvgIpc) is 3.22. The van der Waals surface area contributed by atoms with Gasteiger partial charge in [0.05, 0.1) is 5.52 Å². The zero-order chi connectivity index (χ0) is 15.8. The molecule has 2 aromatic carbocycles. The second-order valence-electron chi connectivity index (χ2n) is 6.27. The number of fused-ring (bicyclic) bond motifs is 1. The molecule has 0 spiro atoms. The van der Waals surface area contributed by atoms with Gasteiger partial charge in [-0.05, 0) is 67.7 Å². The molecule has 1 aromatic heterocycles. The van der Waals surface area contributed by atoms with Gasteiger partial charge in [-0.25, -0.2) is 4.79 Å². The van der Waals surface area contributed by atoms with Crippen molar-refractivity contribution in [2.45, 2.75) is 25.8 Å². The predicted octanol–water partition coefficient (Wildman–Crippen LogP) is 3.94. The lowest BCUT2D eigenvalue weighted by Crippen LogP contribution is -2.23. The van der Waals surface area contributed by atoms with E-state index >= 15 is 0 Å². The van der Waals surface area contributed by atoms with E-state index in [0.29, 0.717) is 11.6 Å². The molecule has 4 heteroatoms. The van der Waals surface area contributed by atoms with Crippen LogP contribution < -0.4 is 5.76 Å². The third-order valence-electron chi connectivity index (χ3n) is 4.81. The standard InChI is InChI=1S/C19H20N2O2/c1-13(21-9-2-3-10-21)14-5-4-6-15(11-14)16-7-8-18-17(12-16)20-19(22)23-18/h4-8,11-13H,2-3,9-10H2,1H3,(H,20,22)/t13-/m0/s1. The molecule has 1 atom stereocenters. The van der Waals surface area contributed by atoms with Crippen molar-refractivity contribution in [3.8, 4) is 11.1 Å². The Morgan fingerprint density at radius 3 is 2.70 bits per heavy atom. The molecule has 0 bridgehead atoms. The van der Waals surface area contributed by atoms with E-state index in [0.717, 1.165) is 16.6 Å². The maximum atomic E-state index is 11.3. The summed E-state index contributed by atoms with van der Waals surface area (Å²) in [4.78, 5) is 16.6. The Morgan fingerprint density at radius 2 is 1.87 bits per heavy atom. The monoisotopic (exact) mass is 308 g/mol. The summed E-state index contributed by atoms with van der Waals surface area (Å²) in [6.45, 7) is 4.66. The molecule has 1 saturated heterocycles. The molecule has 1 aliphatic heterocycles. The molecule has 0 unspecified atom stereocenters. The van der Waals surface area contributed by atoms with Crippen molar-refractivity contribution >= 4 is 11.1 Å². The summed E-state index contributed by atoms with van der Waals surface area (Å²) in [5, 5.41) is 0. The Hall–Kier alpha value is -2.33. The van der Waals surface area contributed by atoms with Crippen molar-refractivity contribution in [1.82, 2.24) is 9.88 Å². The number of nitrogens with zero attached hydrogens (tertiary/aromatic N) is 1. The highest BCUT2D eigenvalue weighted by atomic mass is 16.4. The highest BCUT2D eigenvalue weighted by Gasteiger charge is 2.19. The topological polar surface area (TPSA) is 49.2 Å². The van der Waals surface area contributed by atoms with Crippen LogP contribution in [0.15, 0.2) is 51.7 Å². The smallest absolute Gasteiger partial charge is 0.408 e. The number of benzene rings is 2. The van der Waals surface area contributed by atoms with Gasteiger partial charge in [0.15, 0.2) is 5.58 Å². The largest absolute Gasteiger partial charge is 0.417 e. The number of hydrogen-bond donors (Lipinski definition) is 1. The average molecular weight is 308 g/mol. The van der Waals surface area contributed by atoms with Crippen LogP contribution in [-0.2, 0) is 0 Å². The summed E-state index contributed by atoms with van der Waals surface area (Å²) in [7, 11) is 0. The van der Waals surface area contributed by atoms with Gasteiger partial charge in [0.2, 0.25) is 0 Å². The summed E-state index contributed by atoms with van der Waals surface area (Å²) in [6.07, 6.45) is 2.60. The Kier molecular flexibility index (Phi) is 3.54. The van der Waals surface area contributed by atoms with Crippen LogP contribution in [-0.4, -0.2) is 23.0 Å². The summed E-state index contributed by atoms with van der Waals surface area (Å²) in [5.41, 5.74) is 4.93. The van der Waals surface area contributed by atoms with Crippen molar-refractivity contribution in [2.75, 3.05) is 13.1 Å². The third-order valence-corrected chi connectivity index (χ3v) is 4.81. The van der Waals surface area contributed by atoms with Gasteiger partial charge in [-0.3, -0.25) is 9.88 Å². The molecule has 0 aliphatic carbocycles. The molecule has 3 aromatic rings. The van der Waals surface area contributed by atoms with Gasteiger partial charge in [0.25, 0.3) is 0 Å². The molecular weight excluding hydrogens is 288 g/mol. The predicted molar refractivity (Wildman–Crippen MR) is 91.5 cm³/mol. The molecule has 2 heterocycles. The lowest BCUT2D eigenvalue weighted by atomic mass is 9.99. The van der Waals surface area contributed by atoms with Crippen LogP contribution in [0, 0.1) is 0 Å². The zero-order valence-corrected chi connectivity index (χ0v) is 13.2. The minimum atomic E-state index is -0.409. The molecule has 118 valence electrons. The van der Waals surface area contributed by atoms with Crippen molar-refractivity contribution in [3.05, 3.63) is 58.6 Å². The van der Waals surface area contributed by atoms with Crippen molar-refractivity contribution < 1.29 is 4.42 Å². The molecule has 23 heavy (non-hydrogen) atoms. The Balaban J connectivity index is 1.70. The maximum absolute atomic E-state index is 11.3. The normalized spacial score (nSPS) is 16.9. The highest BCUT2D eigenvalue weighted by Crippen LogP contribution is 2.29. The van der Waals surface area contributed by atoms with Crippen molar-refractivity contribution in [1.29, 1.82) is 0 Å². The SMILES string of the molecule is C[C@@H](c1cccc(-c2ccc3oc(=O)[nH]c3c2)c1)N1CCCC1. The van der Waals surface area contributed by atoms with Crippen LogP contribution in [0.25, 0.3) is 22.2 Å². The fraction of sp³-hybridized carbons (Fsp3) is 0.316. The number of rotatable bonds is 3. The van der Waals surface area contributed by atoms with E-state index in [1.807, 2.05) is 18.2 Å². The first-order valence-electron chi connectivity index (χ1n) is 8.18. The fourth-order valence-electron chi connectivity index (χ4n) is 3.45. The van der Waals surface area contributed by atoms with Gasteiger partial charge >= 0.3 is 5.76 Å². The van der Waals surface area contributed by atoms with E-state index in [1.165, 1.54) is 31.5 Å². The number of oxazole rings is 1. The van der Waals surface area contributed by atoms with Crippen molar-refractivity contribution in [2.24, 2.45) is 0 Å². The quantitative estimate of drug-likeness (QED) is 0.797. The van der Waals surface area contributed by atoms with Crippen LogP contribution in [0.3, 0.4) is 0 Å². The molecule has 1 fully saturated rings.